The largest absolute Gasteiger partial charge is 2.00 e. The maximum absolute atomic E-state index is 11.1. The van der Waals surface area contributed by atoms with Gasteiger partial charge in [-0.1, -0.05) is 54.6 Å². The van der Waals surface area contributed by atoms with Crippen molar-refractivity contribution in [3.63, 3.8) is 0 Å². The van der Waals surface area contributed by atoms with Crippen LogP contribution in [-0.4, -0.2) is 48.6 Å². The molecule has 8 rings (SSSR count). The maximum atomic E-state index is 11.1. The molecule has 0 saturated heterocycles. The molecule has 2 amide bonds. The van der Waals surface area contributed by atoms with Crippen LogP contribution in [0.5, 0.6) is 0 Å². The molecule has 252 valence electrons. The van der Waals surface area contributed by atoms with Gasteiger partial charge in [-0.3, -0.25) is 15.0 Å². The summed E-state index contributed by atoms with van der Waals surface area (Å²) in [7, 11) is -7.36. The van der Waals surface area contributed by atoms with Gasteiger partial charge >= 0.3 is 19.5 Å². The minimum Gasteiger partial charge on any atom is -0.537 e. The first-order valence-corrected chi connectivity index (χ1v) is 17.0. The number of nitrogens with zero attached hydrogens (tertiary/aromatic N) is 6. The van der Waals surface area contributed by atoms with Gasteiger partial charge in [0.25, 0.3) is 0 Å². The van der Waals surface area contributed by atoms with E-state index in [2.05, 4.69) is 24.4 Å². The fourth-order valence-electron chi connectivity index (χ4n) is 4.65. The summed E-state index contributed by atoms with van der Waals surface area (Å²) in [6, 6.07) is 33.5. The Labute approximate surface area is 300 Å². The van der Waals surface area contributed by atoms with Gasteiger partial charge in [0.15, 0.2) is 0 Å². The Morgan fingerprint density at radius 2 is 0.820 bits per heavy atom. The second kappa shape index (κ2) is 15.8. The molecule has 0 saturated carbocycles. The van der Waals surface area contributed by atoms with Crippen molar-refractivity contribution in [1.82, 2.24) is 19.9 Å². The molecular formula is C34H25N6O7RuS2+. The molecule has 13 nitrogen and oxygen atoms in total. The van der Waals surface area contributed by atoms with E-state index in [1.807, 2.05) is 66.7 Å². The Morgan fingerprint density at radius 3 is 1.18 bits per heavy atom. The number of hydrogen-bond acceptors (Lipinski definition) is 10. The first-order chi connectivity index (χ1) is 23.1. The second-order valence-corrected chi connectivity index (χ2v) is 13.2. The second-order valence-electron chi connectivity index (χ2n) is 10.0. The Bertz CT molecular complexity index is 2140. The van der Waals surface area contributed by atoms with E-state index in [0.717, 1.165) is 34.0 Å². The summed E-state index contributed by atoms with van der Waals surface area (Å²) in [4.78, 5) is 39.9. The molecule has 0 aliphatic carbocycles. The van der Waals surface area contributed by atoms with Crippen LogP contribution in [0.2, 0.25) is 0 Å². The molecule has 0 atom stereocenters. The molecule has 0 radical (unpaired) electrons. The summed E-state index contributed by atoms with van der Waals surface area (Å²) in [6.45, 7) is 0. The predicted octanol–water partition coefficient (Wildman–Crippen LogP) is 5.15. The molecule has 0 bridgehead atoms. The Hall–Kier alpha value is -5.54. The molecule has 2 aromatic carbocycles. The average molecular weight is 795 g/mol. The van der Waals surface area contributed by atoms with Crippen LogP contribution in [-0.2, 0) is 45.0 Å². The van der Waals surface area contributed by atoms with E-state index in [1.165, 1.54) is 24.3 Å². The summed E-state index contributed by atoms with van der Waals surface area (Å²) in [5.74, 6) is -1.35. The van der Waals surface area contributed by atoms with E-state index in [9.17, 15) is 26.4 Å². The van der Waals surface area contributed by atoms with Crippen LogP contribution in [0.15, 0.2) is 144 Å². The fraction of sp³-hybridized carbons (Fsp3) is 0. The van der Waals surface area contributed by atoms with Crippen LogP contribution in [0, 0.1) is 0 Å². The van der Waals surface area contributed by atoms with Crippen LogP contribution in [0.1, 0.15) is 20.7 Å². The molecule has 3 N–H and O–H groups in total. The third-order valence-corrected chi connectivity index (χ3v) is 9.47. The van der Waals surface area contributed by atoms with Gasteiger partial charge in [-0.05, 0) is 60.7 Å². The normalized spacial score (nSPS) is 13.9. The monoisotopic (exact) mass is 795 g/mol. The van der Waals surface area contributed by atoms with Crippen molar-refractivity contribution in [1.29, 1.82) is 0 Å². The molecule has 0 unspecified atom stereocenters. The van der Waals surface area contributed by atoms with Gasteiger partial charge in [0.1, 0.15) is 20.0 Å². The first kappa shape index (κ1) is 37.3. The SMILES string of the molecule is O=C1[N-]S(=O)(=O)c2ccccc21.O=C1[N-]S(=O)(=O)c2ccccc21.[OH3+].[Ru+2].c1ccc(-c2cc(-c3ccccn3)nc(-c3ccccn3)c2)nc1. The number of fused-ring (bicyclic) bond motifs is 2. The minimum absolute atomic E-state index is 0. The van der Waals surface area contributed by atoms with Crippen molar-refractivity contribution in [2.24, 2.45) is 0 Å². The number of hydrogen-bond donors (Lipinski definition) is 0. The number of amides is 2. The van der Waals surface area contributed by atoms with Crippen LogP contribution in [0.25, 0.3) is 43.5 Å². The van der Waals surface area contributed by atoms with Crippen molar-refractivity contribution < 1.29 is 51.4 Å². The predicted molar refractivity (Wildman–Crippen MR) is 181 cm³/mol. The van der Waals surface area contributed by atoms with Gasteiger partial charge in [0.05, 0.1) is 50.1 Å². The molecule has 0 fully saturated rings. The molecular weight excluding hydrogens is 770 g/mol. The number of aromatic nitrogens is 4. The number of carbonyl (C=O) groups is 2. The van der Waals surface area contributed by atoms with Crippen LogP contribution >= 0.6 is 0 Å². The summed E-state index contributed by atoms with van der Waals surface area (Å²) in [6.07, 6.45) is 5.33. The van der Waals surface area contributed by atoms with Crippen molar-refractivity contribution in [2.75, 3.05) is 0 Å². The third kappa shape index (κ3) is 8.18. The van der Waals surface area contributed by atoms with Crippen LogP contribution in [0.4, 0.5) is 0 Å². The van der Waals surface area contributed by atoms with E-state index < -0.39 is 31.9 Å². The van der Waals surface area contributed by atoms with Gasteiger partial charge < -0.3 is 24.5 Å². The molecule has 2 aliphatic rings. The molecule has 0 spiro atoms. The summed E-state index contributed by atoms with van der Waals surface area (Å²) in [5, 5.41) is 0. The van der Waals surface area contributed by atoms with E-state index in [1.54, 1.807) is 42.9 Å². The Balaban J connectivity index is 0.000000183. The van der Waals surface area contributed by atoms with Gasteiger partial charge in [0.2, 0.25) is 0 Å². The molecule has 2 aliphatic heterocycles. The van der Waals surface area contributed by atoms with Crippen molar-refractivity contribution >= 4 is 31.9 Å². The Kier molecular flexibility index (Phi) is 11.8. The molecule has 6 aromatic rings. The van der Waals surface area contributed by atoms with Gasteiger partial charge in [-0.25, -0.2) is 21.8 Å². The van der Waals surface area contributed by atoms with Crippen molar-refractivity contribution in [3.8, 4) is 34.0 Å². The zero-order chi connectivity index (χ0) is 33.7. The zero-order valence-electron chi connectivity index (χ0n) is 25.6. The zero-order valence-corrected chi connectivity index (χ0v) is 29.0. The number of carbonyl (C=O) groups excluding carboxylic acids is 2. The van der Waals surface area contributed by atoms with Crippen molar-refractivity contribution in [3.05, 3.63) is 154 Å². The number of rotatable bonds is 3. The van der Waals surface area contributed by atoms with E-state index >= 15 is 0 Å². The van der Waals surface area contributed by atoms with Crippen LogP contribution in [0.3, 0.4) is 0 Å². The third-order valence-electron chi connectivity index (χ3n) is 6.84. The standard InChI is InChI=1S/C20H14N4.2C7H5NO3S.H2O.Ru/c1-4-10-21-16(7-1)15-13-19(17-8-2-5-11-22-17)24-20(14-15)18-9-3-6-12-23-18;2*9-7-5-3-1-2-4-6(5)12(10,11)8-7;;/h1-14H;2*1-4H,(H,8,9);1H2;/q;;;;+2/p-1. The summed E-state index contributed by atoms with van der Waals surface area (Å²) in [5.41, 5.74) is 5.48. The Morgan fingerprint density at radius 1 is 0.460 bits per heavy atom. The molecule has 50 heavy (non-hydrogen) atoms. The minimum atomic E-state index is -3.68. The number of pyridine rings is 4. The molecule has 6 heterocycles. The summed E-state index contributed by atoms with van der Waals surface area (Å²) < 4.78 is 50.3. The smallest absolute Gasteiger partial charge is 0.537 e. The summed E-state index contributed by atoms with van der Waals surface area (Å²) >= 11 is 0. The fourth-order valence-corrected chi connectivity index (χ4v) is 6.85. The number of benzene rings is 2. The van der Waals surface area contributed by atoms with E-state index in [-0.39, 0.29) is 45.9 Å². The van der Waals surface area contributed by atoms with Crippen molar-refractivity contribution in [2.45, 2.75) is 9.79 Å². The van der Waals surface area contributed by atoms with E-state index in [4.69, 9.17) is 4.98 Å². The maximum Gasteiger partial charge on any atom is 2.00 e. The quantitative estimate of drug-likeness (QED) is 0.170. The van der Waals surface area contributed by atoms with Gasteiger partial charge in [0, 0.05) is 35.3 Å². The number of sulfonamides is 2. The van der Waals surface area contributed by atoms with Gasteiger partial charge in [-0.2, -0.15) is 0 Å². The molecule has 16 heteroatoms. The first-order valence-electron chi connectivity index (χ1n) is 14.1. The van der Waals surface area contributed by atoms with E-state index in [0.29, 0.717) is 0 Å². The average Bonchev–Trinajstić information content (AvgIpc) is 3.51. The van der Waals surface area contributed by atoms with Gasteiger partial charge in [-0.15, -0.1) is 0 Å². The molecule has 4 aromatic heterocycles. The van der Waals surface area contributed by atoms with Crippen LogP contribution < -0.4 is 0 Å². The topological polar surface area (TPSA) is 215 Å².